The Bertz CT molecular complexity index is 685. The molecule has 1 unspecified atom stereocenters. The molecule has 0 spiro atoms. The van der Waals surface area contributed by atoms with Gasteiger partial charge in [0, 0.05) is 25.0 Å². The fourth-order valence-electron chi connectivity index (χ4n) is 2.26. The van der Waals surface area contributed by atoms with E-state index in [1.807, 2.05) is 54.3 Å². The van der Waals surface area contributed by atoms with Crippen molar-refractivity contribution < 1.29 is 0 Å². The van der Waals surface area contributed by atoms with Gasteiger partial charge in [-0.1, -0.05) is 18.2 Å². The normalized spacial score (nSPS) is 12.5. The van der Waals surface area contributed by atoms with Gasteiger partial charge in [0.2, 0.25) is 0 Å². The summed E-state index contributed by atoms with van der Waals surface area (Å²) >= 11 is 0. The Hall–Kier alpha value is -2.44. The SMILES string of the molecule is Cn1cc(C(NN)c2ccnn2-c2ccccc2)cn1. The molecule has 3 rings (SSSR count). The molecule has 0 fully saturated rings. The predicted octanol–water partition coefficient (Wildman–Crippen LogP) is 1.16. The molecule has 3 aromatic rings. The van der Waals surface area contributed by atoms with Gasteiger partial charge in [0.15, 0.2) is 0 Å². The number of hydrogen-bond acceptors (Lipinski definition) is 4. The Labute approximate surface area is 116 Å². The molecule has 3 N–H and O–H groups in total. The second-order valence-electron chi connectivity index (χ2n) is 4.55. The predicted molar refractivity (Wildman–Crippen MR) is 75.9 cm³/mol. The lowest BCUT2D eigenvalue weighted by Crippen LogP contribution is -2.30. The number of nitrogens with zero attached hydrogens (tertiary/aromatic N) is 4. The van der Waals surface area contributed by atoms with Crippen molar-refractivity contribution in [3.8, 4) is 5.69 Å². The molecule has 1 atom stereocenters. The smallest absolute Gasteiger partial charge is 0.0913 e. The maximum atomic E-state index is 5.72. The Balaban J connectivity index is 2.04. The Kier molecular flexibility index (Phi) is 3.32. The van der Waals surface area contributed by atoms with E-state index in [-0.39, 0.29) is 6.04 Å². The third-order valence-electron chi connectivity index (χ3n) is 3.19. The van der Waals surface area contributed by atoms with Crippen LogP contribution in [0.1, 0.15) is 17.3 Å². The van der Waals surface area contributed by atoms with Gasteiger partial charge in [-0.3, -0.25) is 10.5 Å². The molecule has 0 aliphatic rings. The minimum Gasteiger partial charge on any atom is -0.275 e. The van der Waals surface area contributed by atoms with Gasteiger partial charge < -0.3 is 0 Å². The second kappa shape index (κ2) is 5.28. The number of benzene rings is 1. The molecule has 2 heterocycles. The van der Waals surface area contributed by atoms with Gasteiger partial charge in [0.05, 0.1) is 23.6 Å². The minimum absolute atomic E-state index is 0.161. The highest BCUT2D eigenvalue weighted by Crippen LogP contribution is 2.22. The fraction of sp³-hybridized carbons (Fsp3) is 0.143. The van der Waals surface area contributed by atoms with Crippen LogP contribution in [-0.2, 0) is 7.05 Å². The van der Waals surface area contributed by atoms with Crippen LogP contribution in [-0.4, -0.2) is 19.6 Å². The summed E-state index contributed by atoms with van der Waals surface area (Å²) in [6.45, 7) is 0. The van der Waals surface area contributed by atoms with Gasteiger partial charge in [0.1, 0.15) is 0 Å². The first kappa shape index (κ1) is 12.6. The first-order chi connectivity index (χ1) is 9.79. The molecule has 20 heavy (non-hydrogen) atoms. The van der Waals surface area contributed by atoms with E-state index in [0.29, 0.717) is 0 Å². The molecule has 0 aliphatic carbocycles. The summed E-state index contributed by atoms with van der Waals surface area (Å²) in [6.07, 6.45) is 5.50. The first-order valence-corrected chi connectivity index (χ1v) is 6.33. The van der Waals surface area contributed by atoms with Crippen molar-refractivity contribution in [3.63, 3.8) is 0 Å². The molecule has 2 aromatic heterocycles. The zero-order valence-corrected chi connectivity index (χ0v) is 11.1. The maximum absolute atomic E-state index is 5.72. The van der Waals surface area contributed by atoms with Gasteiger partial charge in [-0.25, -0.2) is 10.1 Å². The van der Waals surface area contributed by atoms with Crippen LogP contribution in [0.4, 0.5) is 0 Å². The standard InChI is InChI=1S/C14H16N6/c1-19-10-11(9-17-19)14(18-15)13-7-8-16-20(13)12-5-3-2-4-6-12/h2-10,14,18H,15H2,1H3. The average Bonchev–Trinajstić information content (AvgIpc) is 3.11. The summed E-state index contributed by atoms with van der Waals surface area (Å²) in [4.78, 5) is 0. The molecular weight excluding hydrogens is 252 g/mol. The maximum Gasteiger partial charge on any atom is 0.0913 e. The Morgan fingerprint density at radius 1 is 1.15 bits per heavy atom. The average molecular weight is 268 g/mol. The van der Waals surface area contributed by atoms with Crippen LogP contribution in [0.15, 0.2) is 55.0 Å². The van der Waals surface area contributed by atoms with E-state index < -0.39 is 0 Å². The molecule has 0 radical (unpaired) electrons. The molecule has 6 nitrogen and oxygen atoms in total. The monoisotopic (exact) mass is 268 g/mol. The lowest BCUT2D eigenvalue weighted by atomic mass is 10.1. The number of nitrogens with one attached hydrogen (secondary N) is 1. The number of nitrogens with two attached hydrogens (primary N) is 1. The quantitative estimate of drug-likeness (QED) is 0.550. The molecular formula is C14H16N6. The number of para-hydroxylation sites is 1. The third kappa shape index (κ3) is 2.22. The van der Waals surface area contributed by atoms with Crippen LogP contribution < -0.4 is 11.3 Å². The van der Waals surface area contributed by atoms with Crippen molar-refractivity contribution >= 4 is 0 Å². The number of aryl methyl sites for hydroxylation is 1. The highest BCUT2D eigenvalue weighted by atomic mass is 15.3. The van der Waals surface area contributed by atoms with Gasteiger partial charge in [-0.2, -0.15) is 10.2 Å². The third-order valence-corrected chi connectivity index (χ3v) is 3.19. The van der Waals surface area contributed by atoms with Crippen LogP contribution in [0.25, 0.3) is 5.69 Å². The highest BCUT2D eigenvalue weighted by molar-refractivity contribution is 5.35. The van der Waals surface area contributed by atoms with Gasteiger partial charge in [-0.05, 0) is 18.2 Å². The van der Waals surface area contributed by atoms with E-state index in [1.54, 1.807) is 17.1 Å². The zero-order chi connectivity index (χ0) is 13.9. The van der Waals surface area contributed by atoms with Crippen molar-refractivity contribution in [1.82, 2.24) is 25.0 Å². The van der Waals surface area contributed by atoms with Gasteiger partial charge in [-0.15, -0.1) is 0 Å². The second-order valence-corrected chi connectivity index (χ2v) is 4.55. The van der Waals surface area contributed by atoms with E-state index in [0.717, 1.165) is 16.9 Å². The summed E-state index contributed by atoms with van der Waals surface area (Å²) in [6, 6.07) is 11.7. The van der Waals surface area contributed by atoms with Crippen LogP contribution >= 0.6 is 0 Å². The van der Waals surface area contributed by atoms with Crippen LogP contribution in [0.2, 0.25) is 0 Å². The Morgan fingerprint density at radius 2 is 1.95 bits per heavy atom. The van der Waals surface area contributed by atoms with Crippen LogP contribution in [0.3, 0.4) is 0 Å². The van der Waals surface area contributed by atoms with Gasteiger partial charge in [0.25, 0.3) is 0 Å². The number of rotatable bonds is 4. The molecule has 102 valence electrons. The topological polar surface area (TPSA) is 73.7 Å². The van der Waals surface area contributed by atoms with E-state index in [1.165, 1.54) is 0 Å². The molecule has 6 heteroatoms. The van der Waals surface area contributed by atoms with Crippen LogP contribution in [0.5, 0.6) is 0 Å². The molecule has 0 amide bonds. The first-order valence-electron chi connectivity index (χ1n) is 6.33. The van der Waals surface area contributed by atoms with E-state index >= 15 is 0 Å². The Morgan fingerprint density at radius 3 is 2.60 bits per heavy atom. The van der Waals surface area contributed by atoms with Crippen molar-refractivity contribution in [2.45, 2.75) is 6.04 Å². The number of hydrogen-bond donors (Lipinski definition) is 2. The molecule has 1 aromatic carbocycles. The summed E-state index contributed by atoms with van der Waals surface area (Å²) in [5.41, 5.74) is 5.78. The largest absolute Gasteiger partial charge is 0.275 e. The van der Waals surface area contributed by atoms with E-state index in [9.17, 15) is 0 Å². The van der Waals surface area contributed by atoms with Crippen molar-refractivity contribution in [2.75, 3.05) is 0 Å². The summed E-state index contributed by atoms with van der Waals surface area (Å²) < 4.78 is 3.63. The number of hydrazine groups is 1. The number of aromatic nitrogens is 4. The molecule has 0 bridgehead atoms. The molecule has 0 saturated heterocycles. The van der Waals surface area contributed by atoms with E-state index in [4.69, 9.17) is 5.84 Å². The van der Waals surface area contributed by atoms with Crippen LogP contribution in [0, 0.1) is 0 Å². The summed E-state index contributed by atoms with van der Waals surface area (Å²) in [5, 5.41) is 8.57. The van der Waals surface area contributed by atoms with Crippen molar-refractivity contribution in [2.24, 2.45) is 12.9 Å². The zero-order valence-electron chi connectivity index (χ0n) is 11.1. The van der Waals surface area contributed by atoms with E-state index in [2.05, 4.69) is 15.6 Å². The lowest BCUT2D eigenvalue weighted by molar-refractivity contribution is 0.596. The molecule has 0 saturated carbocycles. The minimum atomic E-state index is -0.161. The van der Waals surface area contributed by atoms with Crippen molar-refractivity contribution in [1.29, 1.82) is 0 Å². The van der Waals surface area contributed by atoms with Crippen molar-refractivity contribution in [3.05, 3.63) is 66.2 Å². The summed E-state index contributed by atoms with van der Waals surface area (Å²) in [5.74, 6) is 5.72. The highest BCUT2D eigenvalue weighted by Gasteiger charge is 2.19. The lowest BCUT2D eigenvalue weighted by Gasteiger charge is -2.16. The molecule has 0 aliphatic heterocycles. The van der Waals surface area contributed by atoms with Gasteiger partial charge >= 0.3 is 0 Å². The summed E-state index contributed by atoms with van der Waals surface area (Å²) in [7, 11) is 1.88. The fourth-order valence-corrected chi connectivity index (χ4v) is 2.26.